The van der Waals surface area contributed by atoms with Crippen LogP contribution in [-0.4, -0.2) is 57.0 Å². The summed E-state index contributed by atoms with van der Waals surface area (Å²) in [5, 5.41) is 0. The number of nitrogens with zero attached hydrogens (tertiary/aromatic N) is 1. The maximum Gasteiger partial charge on any atom is 0.254 e. The summed E-state index contributed by atoms with van der Waals surface area (Å²) in [6, 6.07) is 6.41. The van der Waals surface area contributed by atoms with Crippen LogP contribution in [0.4, 0.5) is 5.69 Å². The van der Waals surface area contributed by atoms with E-state index in [1.165, 1.54) is 0 Å². The number of nitrogen functional groups attached to an aromatic ring is 1. The Labute approximate surface area is 124 Å². The molecule has 0 aromatic heterocycles. The van der Waals surface area contributed by atoms with Gasteiger partial charge in [0.05, 0.1) is 18.1 Å². The van der Waals surface area contributed by atoms with E-state index in [1.54, 1.807) is 36.3 Å². The summed E-state index contributed by atoms with van der Waals surface area (Å²) in [6.07, 6.45) is 0.472. The Morgan fingerprint density at radius 1 is 1.48 bits per heavy atom. The number of methoxy groups -OCH3 is 1. The first-order valence-corrected chi connectivity index (χ1v) is 8.61. The molecular weight excluding hydrogens is 292 g/mol. The molecule has 1 aromatic carbocycles. The summed E-state index contributed by atoms with van der Waals surface area (Å²) < 4.78 is 28.3. The number of benzene rings is 1. The van der Waals surface area contributed by atoms with Crippen LogP contribution in [0.3, 0.4) is 0 Å². The van der Waals surface area contributed by atoms with Crippen LogP contribution in [0.5, 0.6) is 0 Å². The Bertz CT molecular complexity index is 615. The Morgan fingerprint density at radius 3 is 2.81 bits per heavy atom. The van der Waals surface area contributed by atoms with Crippen LogP contribution < -0.4 is 5.73 Å². The van der Waals surface area contributed by atoms with Gasteiger partial charge in [-0.25, -0.2) is 8.42 Å². The van der Waals surface area contributed by atoms with Crippen LogP contribution in [0.1, 0.15) is 16.8 Å². The molecule has 2 N–H and O–H groups in total. The van der Waals surface area contributed by atoms with Crippen molar-refractivity contribution in [2.75, 3.05) is 37.5 Å². The summed E-state index contributed by atoms with van der Waals surface area (Å²) in [7, 11) is -1.50. The molecule has 0 spiro atoms. The fourth-order valence-electron chi connectivity index (χ4n) is 2.50. The summed E-state index contributed by atoms with van der Waals surface area (Å²) in [5.41, 5.74) is 6.68. The molecule has 21 heavy (non-hydrogen) atoms. The van der Waals surface area contributed by atoms with Gasteiger partial charge < -0.3 is 15.4 Å². The quantitative estimate of drug-likeness (QED) is 0.802. The molecule has 1 heterocycles. The van der Waals surface area contributed by atoms with Gasteiger partial charge in [-0.1, -0.05) is 6.07 Å². The third-order valence-corrected chi connectivity index (χ3v) is 5.33. The lowest BCUT2D eigenvalue weighted by atomic mass is 10.1. The van der Waals surface area contributed by atoms with Crippen molar-refractivity contribution in [1.29, 1.82) is 0 Å². The number of carbonyl (C=O) groups excluding carboxylic acids is 1. The van der Waals surface area contributed by atoms with Crippen LogP contribution in [0, 0.1) is 0 Å². The van der Waals surface area contributed by atoms with Crippen LogP contribution in [0.25, 0.3) is 0 Å². The standard InChI is InChI=1S/C14H20N2O4S/c1-20-7-6-16(13-5-8-21(18,19)10-13)14(17)11-3-2-4-12(15)9-11/h2-4,9,13H,5-8,10,15H2,1H3. The van der Waals surface area contributed by atoms with E-state index in [-0.39, 0.29) is 23.5 Å². The molecule has 0 bridgehead atoms. The second-order valence-electron chi connectivity index (χ2n) is 5.17. The van der Waals surface area contributed by atoms with Crippen molar-refractivity contribution in [3.63, 3.8) is 0 Å². The molecule has 1 aliphatic rings. The minimum absolute atomic E-state index is 0.0186. The molecule has 1 amide bonds. The number of carbonyl (C=O) groups is 1. The molecule has 0 saturated carbocycles. The second-order valence-corrected chi connectivity index (χ2v) is 7.40. The molecule has 116 valence electrons. The molecule has 7 heteroatoms. The third kappa shape index (κ3) is 3.95. The van der Waals surface area contributed by atoms with E-state index < -0.39 is 9.84 Å². The van der Waals surface area contributed by atoms with Gasteiger partial charge in [-0.05, 0) is 24.6 Å². The van der Waals surface area contributed by atoms with Crippen LogP contribution >= 0.6 is 0 Å². The van der Waals surface area contributed by atoms with E-state index in [1.807, 2.05) is 0 Å². The minimum atomic E-state index is -3.05. The molecule has 6 nitrogen and oxygen atoms in total. The van der Waals surface area contributed by atoms with Crippen molar-refractivity contribution in [1.82, 2.24) is 4.90 Å². The summed E-state index contributed by atoms with van der Waals surface area (Å²) in [5.74, 6) is -0.0581. The summed E-state index contributed by atoms with van der Waals surface area (Å²) in [4.78, 5) is 14.2. The van der Waals surface area contributed by atoms with E-state index in [2.05, 4.69) is 0 Å². The van der Waals surface area contributed by atoms with Gasteiger partial charge in [0.1, 0.15) is 0 Å². The smallest absolute Gasteiger partial charge is 0.254 e. The van der Waals surface area contributed by atoms with Gasteiger partial charge in [-0.3, -0.25) is 4.79 Å². The Kier molecular flexibility index (Phi) is 4.84. The predicted octanol–water partition coefficient (Wildman–Crippen LogP) is 0.545. The zero-order chi connectivity index (χ0) is 15.5. The number of anilines is 1. The number of amides is 1. The van der Waals surface area contributed by atoms with Gasteiger partial charge in [-0.15, -0.1) is 0 Å². The fraction of sp³-hybridized carbons (Fsp3) is 0.500. The highest BCUT2D eigenvalue weighted by Gasteiger charge is 2.34. The largest absolute Gasteiger partial charge is 0.399 e. The van der Waals surface area contributed by atoms with Gasteiger partial charge in [0.2, 0.25) is 0 Å². The van der Waals surface area contributed by atoms with E-state index in [4.69, 9.17) is 10.5 Å². The zero-order valence-electron chi connectivity index (χ0n) is 12.0. The number of hydrogen-bond acceptors (Lipinski definition) is 5. The van der Waals surface area contributed by atoms with Crippen molar-refractivity contribution < 1.29 is 17.9 Å². The first-order valence-electron chi connectivity index (χ1n) is 6.79. The van der Waals surface area contributed by atoms with Gasteiger partial charge >= 0.3 is 0 Å². The van der Waals surface area contributed by atoms with Crippen molar-refractivity contribution >= 4 is 21.4 Å². The second kappa shape index (κ2) is 6.44. The molecule has 1 unspecified atom stereocenters. The highest BCUT2D eigenvalue weighted by atomic mass is 32.2. The van der Waals surface area contributed by atoms with E-state index >= 15 is 0 Å². The first-order chi connectivity index (χ1) is 9.93. The fourth-order valence-corrected chi connectivity index (χ4v) is 4.23. The SMILES string of the molecule is COCCN(C(=O)c1cccc(N)c1)C1CCS(=O)(=O)C1. The molecular formula is C14H20N2O4S. The van der Waals surface area contributed by atoms with Gasteiger partial charge in [0.25, 0.3) is 5.91 Å². The molecule has 1 aromatic rings. The number of ether oxygens (including phenoxy) is 1. The normalized spacial score (nSPS) is 20.3. The number of rotatable bonds is 5. The summed E-state index contributed by atoms with van der Waals surface area (Å²) in [6.45, 7) is 0.731. The number of sulfone groups is 1. The molecule has 0 aliphatic carbocycles. The summed E-state index contributed by atoms with van der Waals surface area (Å²) >= 11 is 0. The molecule has 1 saturated heterocycles. The van der Waals surface area contributed by atoms with Gasteiger partial charge in [0.15, 0.2) is 9.84 Å². The third-order valence-electron chi connectivity index (χ3n) is 3.58. The molecule has 1 aliphatic heterocycles. The monoisotopic (exact) mass is 312 g/mol. The lowest BCUT2D eigenvalue weighted by Gasteiger charge is -2.28. The van der Waals surface area contributed by atoms with E-state index in [0.717, 1.165) is 0 Å². The Balaban J connectivity index is 2.21. The maximum absolute atomic E-state index is 12.6. The van der Waals surface area contributed by atoms with Crippen LogP contribution in [0.15, 0.2) is 24.3 Å². The number of nitrogens with two attached hydrogens (primary N) is 1. The van der Waals surface area contributed by atoms with E-state index in [9.17, 15) is 13.2 Å². The van der Waals surface area contributed by atoms with Crippen molar-refractivity contribution in [2.45, 2.75) is 12.5 Å². The van der Waals surface area contributed by atoms with Crippen LogP contribution in [-0.2, 0) is 14.6 Å². The molecule has 2 rings (SSSR count). The van der Waals surface area contributed by atoms with Crippen molar-refractivity contribution in [2.24, 2.45) is 0 Å². The van der Waals surface area contributed by atoms with Crippen molar-refractivity contribution in [3.8, 4) is 0 Å². The minimum Gasteiger partial charge on any atom is -0.399 e. The Morgan fingerprint density at radius 2 is 2.24 bits per heavy atom. The van der Waals surface area contributed by atoms with Crippen molar-refractivity contribution in [3.05, 3.63) is 29.8 Å². The average molecular weight is 312 g/mol. The lowest BCUT2D eigenvalue weighted by Crippen LogP contribution is -2.43. The highest BCUT2D eigenvalue weighted by Crippen LogP contribution is 2.20. The molecule has 0 radical (unpaired) electrons. The van der Waals surface area contributed by atoms with Gasteiger partial charge in [-0.2, -0.15) is 0 Å². The zero-order valence-corrected chi connectivity index (χ0v) is 12.8. The molecule has 1 fully saturated rings. The van der Waals surface area contributed by atoms with E-state index in [0.29, 0.717) is 30.8 Å². The first kappa shape index (κ1) is 15.8. The Hall–Kier alpha value is -1.60. The predicted molar refractivity (Wildman–Crippen MR) is 80.8 cm³/mol. The lowest BCUT2D eigenvalue weighted by molar-refractivity contribution is 0.0624. The molecule has 1 atom stereocenters. The van der Waals surface area contributed by atoms with Gasteiger partial charge in [0, 0.05) is 30.9 Å². The topological polar surface area (TPSA) is 89.7 Å². The highest BCUT2D eigenvalue weighted by molar-refractivity contribution is 7.91. The van der Waals surface area contributed by atoms with Crippen LogP contribution in [0.2, 0.25) is 0 Å². The average Bonchev–Trinajstić information content (AvgIpc) is 2.79. The maximum atomic E-state index is 12.6. The number of hydrogen-bond donors (Lipinski definition) is 1.